The van der Waals surface area contributed by atoms with Gasteiger partial charge in [-0.15, -0.1) is 11.3 Å². The minimum Gasteiger partial charge on any atom is -0.241 e. The van der Waals surface area contributed by atoms with Crippen molar-refractivity contribution in [2.45, 2.75) is 69.6 Å². The van der Waals surface area contributed by atoms with Gasteiger partial charge in [0.25, 0.3) is 0 Å². The molecule has 0 spiro atoms. The van der Waals surface area contributed by atoms with Crippen LogP contribution in [-0.2, 0) is 5.41 Å². The standard InChI is InChI=1S/C19H25NS/c1-3-9-15(10-4-1)19(13-7-2-8-14-19)18-20-16-11-5-6-12-17(16)21-18/h5-6,11-12,15H,1-4,7-10,13-14H2. The average molecular weight is 299 g/mol. The van der Waals surface area contributed by atoms with Crippen LogP contribution >= 0.6 is 11.3 Å². The Bertz CT molecular complexity index is 570. The highest BCUT2D eigenvalue weighted by Gasteiger charge is 2.43. The maximum Gasteiger partial charge on any atom is 0.100 e. The fourth-order valence-electron chi connectivity index (χ4n) is 4.72. The van der Waals surface area contributed by atoms with Gasteiger partial charge in [-0.2, -0.15) is 0 Å². The van der Waals surface area contributed by atoms with E-state index in [1.165, 1.54) is 79.4 Å². The first-order valence-electron chi connectivity index (χ1n) is 8.75. The van der Waals surface area contributed by atoms with Crippen LogP contribution in [0.4, 0.5) is 0 Å². The number of thiazole rings is 1. The van der Waals surface area contributed by atoms with Crippen LogP contribution in [0.2, 0.25) is 0 Å². The van der Waals surface area contributed by atoms with Crippen molar-refractivity contribution in [2.24, 2.45) is 5.92 Å². The number of para-hydroxylation sites is 1. The van der Waals surface area contributed by atoms with Crippen LogP contribution in [0.1, 0.15) is 69.2 Å². The smallest absolute Gasteiger partial charge is 0.100 e. The summed E-state index contributed by atoms with van der Waals surface area (Å²) in [6.07, 6.45) is 14.2. The van der Waals surface area contributed by atoms with Gasteiger partial charge in [-0.05, 0) is 43.7 Å². The quantitative estimate of drug-likeness (QED) is 0.655. The molecule has 1 aromatic heterocycles. The van der Waals surface area contributed by atoms with Gasteiger partial charge in [0.15, 0.2) is 0 Å². The molecule has 2 heteroatoms. The van der Waals surface area contributed by atoms with Crippen molar-refractivity contribution in [3.05, 3.63) is 29.3 Å². The maximum atomic E-state index is 5.10. The number of aromatic nitrogens is 1. The van der Waals surface area contributed by atoms with Crippen molar-refractivity contribution in [3.8, 4) is 0 Å². The van der Waals surface area contributed by atoms with E-state index < -0.39 is 0 Å². The van der Waals surface area contributed by atoms with Gasteiger partial charge in [-0.3, -0.25) is 0 Å². The molecule has 2 aliphatic carbocycles. The Labute approximate surface area is 131 Å². The van der Waals surface area contributed by atoms with Gasteiger partial charge in [0.05, 0.1) is 10.2 Å². The number of rotatable bonds is 2. The first kappa shape index (κ1) is 13.8. The van der Waals surface area contributed by atoms with Crippen molar-refractivity contribution in [2.75, 3.05) is 0 Å². The van der Waals surface area contributed by atoms with Crippen LogP contribution in [0.25, 0.3) is 10.2 Å². The number of nitrogens with zero attached hydrogens (tertiary/aromatic N) is 1. The third-order valence-electron chi connectivity index (χ3n) is 5.85. The molecule has 0 N–H and O–H groups in total. The maximum absolute atomic E-state index is 5.10. The molecule has 2 aromatic rings. The Kier molecular flexibility index (Phi) is 3.74. The summed E-state index contributed by atoms with van der Waals surface area (Å²) < 4.78 is 1.38. The second-order valence-corrected chi connectivity index (χ2v) is 8.07. The predicted molar refractivity (Wildman–Crippen MR) is 91.0 cm³/mol. The molecule has 2 aliphatic rings. The lowest BCUT2D eigenvalue weighted by Gasteiger charge is -2.44. The second kappa shape index (κ2) is 5.72. The molecule has 21 heavy (non-hydrogen) atoms. The molecule has 4 rings (SSSR count). The molecule has 0 radical (unpaired) electrons. The van der Waals surface area contributed by atoms with E-state index in [4.69, 9.17) is 4.98 Å². The number of fused-ring (bicyclic) bond motifs is 1. The fourth-order valence-corrected chi connectivity index (χ4v) is 6.01. The summed E-state index contributed by atoms with van der Waals surface area (Å²) >= 11 is 1.99. The lowest BCUT2D eigenvalue weighted by molar-refractivity contribution is 0.148. The van der Waals surface area contributed by atoms with Crippen LogP contribution in [0, 0.1) is 5.92 Å². The molecular formula is C19H25NS. The number of hydrogen-bond acceptors (Lipinski definition) is 2. The van der Waals surface area contributed by atoms with Crippen LogP contribution in [0.3, 0.4) is 0 Å². The summed E-state index contributed by atoms with van der Waals surface area (Å²) in [5.41, 5.74) is 1.64. The van der Waals surface area contributed by atoms with E-state index in [2.05, 4.69) is 24.3 Å². The topological polar surface area (TPSA) is 12.9 Å². The molecule has 2 saturated carbocycles. The van der Waals surface area contributed by atoms with Crippen molar-refractivity contribution in [3.63, 3.8) is 0 Å². The molecule has 112 valence electrons. The molecular weight excluding hydrogens is 274 g/mol. The van der Waals surface area contributed by atoms with Crippen LogP contribution < -0.4 is 0 Å². The van der Waals surface area contributed by atoms with Crippen molar-refractivity contribution < 1.29 is 0 Å². The third kappa shape index (κ3) is 2.42. The van der Waals surface area contributed by atoms with Gasteiger partial charge in [0.2, 0.25) is 0 Å². The summed E-state index contributed by atoms with van der Waals surface area (Å²) in [6, 6.07) is 8.71. The minimum atomic E-state index is 0.419. The van der Waals surface area contributed by atoms with E-state index in [0.717, 1.165) is 5.92 Å². The lowest BCUT2D eigenvalue weighted by Crippen LogP contribution is -2.38. The van der Waals surface area contributed by atoms with E-state index in [1.54, 1.807) is 0 Å². The van der Waals surface area contributed by atoms with E-state index in [0.29, 0.717) is 5.41 Å². The van der Waals surface area contributed by atoms with Crippen molar-refractivity contribution >= 4 is 21.6 Å². The highest BCUT2D eigenvalue weighted by atomic mass is 32.1. The Morgan fingerprint density at radius 1 is 0.905 bits per heavy atom. The molecule has 0 amide bonds. The number of hydrogen-bond donors (Lipinski definition) is 0. The molecule has 0 aliphatic heterocycles. The zero-order chi connectivity index (χ0) is 14.1. The Hall–Kier alpha value is -0.890. The monoisotopic (exact) mass is 299 g/mol. The average Bonchev–Trinajstić information content (AvgIpc) is 3.01. The fraction of sp³-hybridized carbons (Fsp3) is 0.632. The lowest BCUT2D eigenvalue weighted by atomic mass is 9.62. The molecule has 0 atom stereocenters. The van der Waals surface area contributed by atoms with Crippen LogP contribution in [0.15, 0.2) is 24.3 Å². The highest BCUT2D eigenvalue weighted by molar-refractivity contribution is 7.18. The second-order valence-electron chi connectivity index (χ2n) is 7.04. The van der Waals surface area contributed by atoms with E-state index in [-0.39, 0.29) is 0 Å². The summed E-state index contributed by atoms with van der Waals surface area (Å²) in [5, 5.41) is 1.47. The van der Waals surface area contributed by atoms with E-state index in [1.807, 2.05) is 11.3 Å². The molecule has 2 fully saturated rings. The Balaban J connectivity index is 1.77. The normalized spacial score (nSPS) is 23.4. The van der Waals surface area contributed by atoms with Gasteiger partial charge < -0.3 is 0 Å². The van der Waals surface area contributed by atoms with Gasteiger partial charge >= 0.3 is 0 Å². The summed E-state index contributed by atoms with van der Waals surface area (Å²) in [7, 11) is 0. The zero-order valence-corrected chi connectivity index (χ0v) is 13.6. The Morgan fingerprint density at radius 2 is 1.62 bits per heavy atom. The van der Waals surface area contributed by atoms with E-state index >= 15 is 0 Å². The van der Waals surface area contributed by atoms with Crippen molar-refractivity contribution in [1.29, 1.82) is 0 Å². The molecule has 1 heterocycles. The van der Waals surface area contributed by atoms with Gasteiger partial charge in [-0.25, -0.2) is 4.98 Å². The SMILES string of the molecule is c1ccc2sc(C3(C4CCCCC4)CCCCC3)nc2c1. The van der Waals surface area contributed by atoms with Gasteiger partial charge in [0, 0.05) is 5.41 Å². The molecule has 1 aromatic carbocycles. The zero-order valence-electron chi connectivity index (χ0n) is 12.8. The number of benzene rings is 1. The minimum absolute atomic E-state index is 0.419. The molecule has 1 nitrogen and oxygen atoms in total. The van der Waals surface area contributed by atoms with Gasteiger partial charge in [0.1, 0.15) is 5.01 Å². The third-order valence-corrected chi connectivity index (χ3v) is 7.11. The first-order chi connectivity index (χ1) is 10.4. The molecule has 0 saturated heterocycles. The first-order valence-corrected chi connectivity index (χ1v) is 9.56. The van der Waals surface area contributed by atoms with Crippen LogP contribution in [-0.4, -0.2) is 4.98 Å². The summed E-state index contributed by atoms with van der Waals surface area (Å²) in [5.74, 6) is 0.895. The van der Waals surface area contributed by atoms with E-state index in [9.17, 15) is 0 Å². The molecule has 0 bridgehead atoms. The largest absolute Gasteiger partial charge is 0.241 e. The highest BCUT2D eigenvalue weighted by Crippen LogP contribution is 2.51. The van der Waals surface area contributed by atoms with Gasteiger partial charge in [-0.1, -0.05) is 50.7 Å². The Morgan fingerprint density at radius 3 is 2.38 bits per heavy atom. The summed E-state index contributed by atoms with van der Waals surface area (Å²) in [6.45, 7) is 0. The molecule has 0 unspecified atom stereocenters. The predicted octanol–water partition coefficient (Wildman–Crippen LogP) is 6.08. The summed E-state index contributed by atoms with van der Waals surface area (Å²) in [4.78, 5) is 5.10. The van der Waals surface area contributed by atoms with Crippen molar-refractivity contribution in [1.82, 2.24) is 4.98 Å². The van der Waals surface area contributed by atoms with Crippen LogP contribution in [0.5, 0.6) is 0 Å².